The summed E-state index contributed by atoms with van der Waals surface area (Å²) in [7, 11) is -2.25. The number of rotatable bonds is 9. The monoisotopic (exact) mass is 578 g/mol. The molecule has 1 aromatic heterocycles. The van der Waals surface area contributed by atoms with E-state index in [1.165, 1.54) is 34.8 Å². The molecule has 1 aliphatic rings. The van der Waals surface area contributed by atoms with Gasteiger partial charge in [0.2, 0.25) is 0 Å². The van der Waals surface area contributed by atoms with E-state index >= 15 is 0 Å². The van der Waals surface area contributed by atoms with E-state index < -0.39 is 10.0 Å². The van der Waals surface area contributed by atoms with Crippen molar-refractivity contribution >= 4 is 48.3 Å². The molecule has 1 fully saturated rings. The lowest BCUT2D eigenvalue weighted by Crippen LogP contribution is -2.39. The van der Waals surface area contributed by atoms with Gasteiger partial charge in [0, 0.05) is 38.8 Å². The third kappa shape index (κ3) is 5.90. The quantitative estimate of drug-likeness (QED) is 0.275. The van der Waals surface area contributed by atoms with Crippen molar-refractivity contribution in [2.24, 2.45) is 0 Å². The lowest BCUT2D eigenvalue weighted by Gasteiger charge is -2.27. The summed E-state index contributed by atoms with van der Waals surface area (Å²) in [6.45, 7) is 8.69. The van der Waals surface area contributed by atoms with Crippen LogP contribution in [-0.4, -0.2) is 70.6 Å². The molecule has 0 spiro atoms. The van der Waals surface area contributed by atoms with Gasteiger partial charge >= 0.3 is 0 Å². The van der Waals surface area contributed by atoms with Gasteiger partial charge < -0.3 is 4.74 Å². The Balaban J connectivity index is 1.41. The van der Waals surface area contributed by atoms with Crippen LogP contribution in [0, 0.1) is 13.8 Å². The number of anilines is 2. The second-order valence-electron chi connectivity index (χ2n) is 9.97. The lowest BCUT2D eigenvalue weighted by molar-refractivity contribution is 0.0376. The molecular formula is C30H34N4O4S2. The minimum atomic E-state index is -3.78. The average Bonchev–Trinajstić information content (AvgIpc) is 3.44. The highest BCUT2D eigenvalue weighted by Crippen LogP contribution is 2.34. The van der Waals surface area contributed by atoms with Crippen LogP contribution in [0.2, 0.25) is 0 Å². The zero-order chi connectivity index (χ0) is 28.3. The van der Waals surface area contributed by atoms with Crippen LogP contribution in [-0.2, 0) is 14.8 Å². The summed E-state index contributed by atoms with van der Waals surface area (Å²) in [6, 6.07) is 19.2. The number of benzene rings is 3. The maximum Gasteiger partial charge on any atom is 0.264 e. The number of para-hydroxylation sites is 1. The van der Waals surface area contributed by atoms with Gasteiger partial charge in [-0.15, -0.1) is 0 Å². The number of fused-ring (bicyclic) bond motifs is 1. The molecule has 0 saturated carbocycles. The summed E-state index contributed by atoms with van der Waals surface area (Å²) in [5.74, 6) is -0.197. The van der Waals surface area contributed by atoms with E-state index in [0.717, 1.165) is 60.6 Å². The number of nitrogens with zero attached hydrogens (tertiary/aromatic N) is 4. The Morgan fingerprint density at radius 2 is 1.65 bits per heavy atom. The van der Waals surface area contributed by atoms with E-state index in [4.69, 9.17) is 9.72 Å². The van der Waals surface area contributed by atoms with Crippen LogP contribution in [0.3, 0.4) is 0 Å². The van der Waals surface area contributed by atoms with Crippen molar-refractivity contribution in [2.45, 2.75) is 25.2 Å². The van der Waals surface area contributed by atoms with Gasteiger partial charge in [0.25, 0.3) is 15.9 Å². The van der Waals surface area contributed by atoms with Gasteiger partial charge in [-0.1, -0.05) is 41.7 Å². The molecule has 2 heterocycles. The molecule has 1 amide bonds. The number of morpholine rings is 1. The van der Waals surface area contributed by atoms with Gasteiger partial charge in [0.15, 0.2) is 5.13 Å². The van der Waals surface area contributed by atoms with Crippen LogP contribution < -0.4 is 9.21 Å². The summed E-state index contributed by atoms with van der Waals surface area (Å²) in [5, 5.41) is 0.653. The number of hydrogen-bond donors (Lipinski definition) is 0. The molecule has 0 radical (unpaired) electrons. The zero-order valence-corrected chi connectivity index (χ0v) is 24.7. The summed E-state index contributed by atoms with van der Waals surface area (Å²) < 4.78 is 34.2. The van der Waals surface area contributed by atoms with Gasteiger partial charge in [-0.05, 0) is 67.8 Å². The Morgan fingerprint density at radius 1 is 0.975 bits per heavy atom. The van der Waals surface area contributed by atoms with E-state index in [2.05, 4.69) is 24.0 Å². The minimum Gasteiger partial charge on any atom is -0.379 e. The molecular weight excluding hydrogens is 544 g/mol. The highest BCUT2D eigenvalue weighted by Gasteiger charge is 2.25. The molecule has 0 atom stereocenters. The average molecular weight is 579 g/mol. The van der Waals surface area contributed by atoms with Crippen molar-refractivity contribution in [3.8, 4) is 0 Å². The van der Waals surface area contributed by atoms with Crippen molar-refractivity contribution in [3.05, 3.63) is 83.4 Å². The fourth-order valence-electron chi connectivity index (χ4n) is 4.78. The Labute approximate surface area is 239 Å². The zero-order valence-electron chi connectivity index (χ0n) is 23.0. The Kier molecular flexibility index (Phi) is 8.51. The molecule has 0 bridgehead atoms. The predicted molar refractivity (Wildman–Crippen MR) is 161 cm³/mol. The van der Waals surface area contributed by atoms with Crippen LogP contribution in [0.5, 0.6) is 0 Å². The standard InChI is InChI=1S/C30H34N4O4S2/c1-22-10-11-23(2)28-27(22)31-30(39-28)34(17-7-16-33-18-20-38-21-19-33)29(35)24-12-14-26(15-13-24)40(36,37)32(3)25-8-5-4-6-9-25/h4-6,8-15H,7,16-21H2,1-3H3. The Bertz CT molecular complexity index is 1540. The molecule has 3 aromatic carbocycles. The highest BCUT2D eigenvalue weighted by molar-refractivity contribution is 7.92. The van der Waals surface area contributed by atoms with Crippen molar-refractivity contribution in [1.29, 1.82) is 0 Å². The number of carbonyl (C=O) groups is 1. The van der Waals surface area contributed by atoms with Crippen LogP contribution in [0.25, 0.3) is 10.2 Å². The number of thiazole rings is 1. The number of aromatic nitrogens is 1. The fraction of sp³-hybridized carbons (Fsp3) is 0.333. The minimum absolute atomic E-state index is 0.125. The van der Waals surface area contributed by atoms with Crippen LogP contribution >= 0.6 is 11.3 Å². The first-order chi connectivity index (χ1) is 19.3. The van der Waals surface area contributed by atoms with Crippen LogP contribution in [0.4, 0.5) is 10.8 Å². The van der Waals surface area contributed by atoms with Crippen LogP contribution in [0.15, 0.2) is 71.6 Å². The van der Waals surface area contributed by atoms with Crippen molar-refractivity contribution in [1.82, 2.24) is 9.88 Å². The van der Waals surface area contributed by atoms with Gasteiger partial charge in [-0.3, -0.25) is 18.9 Å². The SMILES string of the molecule is Cc1ccc(C)c2sc(N(CCCN3CCOCC3)C(=O)c3ccc(S(=O)(=O)N(C)c4ccccc4)cc3)nc12. The topological polar surface area (TPSA) is 83.0 Å². The third-order valence-corrected chi connectivity index (χ3v) is 10.3. The van der Waals surface area contributed by atoms with Gasteiger partial charge in [0.05, 0.1) is 34.0 Å². The smallest absolute Gasteiger partial charge is 0.264 e. The molecule has 10 heteroatoms. The number of sulfonamides is 1. The number of amides is 1. The number of aryl methyl sites for hydroxylation is 2. The normalized spacial score (nSPS) is 14.4. The summed E-state index contributed by atoms with van der Waals surface area (Å²) in [4.78, 5) is 23.0. The predicted octanol–water partition coefficient (Wildman–Crippen LogP) is 5.11. The van der Waals surface area contributed by atoms with E-state index in [1.807, 2.05) is 13.0 Å². The van der Waals surface area contributed by atoms with Crippen molar-refractivity contribution in [3.63, 3.8) is 0 Å². The summed E-state index contributed by atoms with van der Waals surface area (Å²) in [6.07, 6.45) is 0.786. The van der Waals surface area contributed by atoms with Crippen molar-refractivity contribution < 1.29 is 17.9 Å². The molecule has 1 saturated heterocycles. The molecule has 0 unspecified atom stereocenters. The largest absolute Gasteiger partial charge is 0.379 e. The van der Waals surface area contributed by atoms with E-state index in [9.17, 15) is 13.2 Å². The lowest BCUT2D eigenvalue weighted by atomic mass is 10.1. The first kappa shape index (κ1) is 28.2. The molecule has 40 heavy (non-hydrogen) atoms. The first-order valence-electron chi connectivity index (χ1n) is 13.4. The fourth-order valence-corrected chi connectivity index (χ4v) is 7.12. The molecule has 0 N–H and O–H groups in total. The van der Waals surface area contributed by atoms with Gasteiger partial charge in [0.1, 0.15) is 0 Å². The number of carbonyl (C=O) groups excluding carboxylic acids is 1. The summed E-state index contributed by atoms with van der Waals surface area (Å²) in [5.41, 5.74) is 4.09. The first-order valence-corrected chi connectivity index (χ1v) is 15.6. The second kappa shape index (κ2) is 12.1. The van der Waals surface area contributed by atoms with Gasteiger partial charge in [-0.2, -0.15) is 0 Å². The van der Waals surface area contributed by atoms with E-state index in [0.29, 0.717) is 22.9 Å². The maximum absolute atomic E-state index is 13.9. The highest BCUT2D eigenvalue weighted by atomic mass is 32.2. The van der Waals surface area contributed by atoms with E-state index in [1.54, 1.807) is 41.3 Å². The molecule has 4 aromatic rings. The number of hydrogen-bond acceptors (Lipinski definition) is 7. The second-order valence-corrected chi connectivity index (χ2v) is 12.9. The maximum atomic E-state index is 13.9. The Morgan fingerprint density at radius 3 is 2.33 bits per heavy atom. The van der Waals surface area contributed by atoms with Crippen LogP contribution in [0.1, 0.15) is 27.9 Å². The van der Waals surface area contributed by atoms with Crippen molar-refractivity contribution in [2.75, 3.05) is 55.6 Å². The molecule has 8 nitrogen and oxygen atoms in total. The van der Waals surface area contributed by atoms with Gasteiger partial charge in [-0.25, -0.2) is 13.4 Å². The Hall–Kier alpha value is -3.31. The van der Waals surface area contributed by atoms with E-state index in [-0.39, 0.29) is 10.8 Å². The molecule has 210 valence electrons. The molecule has 0 aliphatic carbocycles. The molecule has 1 aliphatic heterocycles. The molecule has 5 rings (SSSR count). The number of ether oxygens (including phenoxy) is 1. The summed E-state index contributed by atoms with van der Waals surface area (Å²) >= 11 is 1.52. The third-order valence-electron chi connectivity index (χ3n) is 7.25.